The van der Waals surface area contributed by atoms with Gasteiger partial charge in [-0.3, -0.25) is 9.59 Å². The van der Waals surface area contributed by atoms with Crippen molar-refractivity contribution in [3.05, 3.63) is 65.2 Å². The van der Waals surface area contributed by atoms with Crippen molar-refractivity contribution in [1.82, 2.24) is 9.80 Å². The molecule has 0 aromatic heterocycles. The van der Waals surface area contributed by atoms with E-state index >= 15 is 0 Å². The third kappa shape index (κ3) is 6.30. The highest BCUT2D eigenvalue weighted by Crippen LogP contribution is 2.30. The molecule has 1 saturated heterocycles. The average molecular weight is 476 g/mol. The monoisotopic (exact) mass is 476 g/mol. The van der Waals surface area contributed by atoms with Gasteiger partial charge >= 0.3 is 6.18 Å². The van der Waals surface area contributed by atoms with Crippen LogP contribution in [0.4, 0.5) is 13.2 Å². The number of alkyl halides is 3. The van der Waals surface area contributed by atoms with Gasteiger partial charge in [-0.1, -0.05) is 12.1 Å². The first kappa shape index (κ1) is 25.1. The zero-order chi connectivity index (χ0) is 24.9. The maximum atomic E-state index is 12.9. The standard InChI is InChI=1S/C25H27F3N2O4/c1-17(2)34-21-9-7-18(15-22(21)33-3)8-10-23(31)29-11-13-30(14-12-29)24(32)19-5-4-6-20(16-19)25(26,27)28/h4-10,15-17H,11-14H2,1-3H3/b10-8+. The first-order valence-electron chi connectivity index (χ1n) is 10.9. The number of hydrogen-bond acceptors (Lipinski definition) is 4. The Labute approximate surface area is 196 Å². The lowest BCUT2D eigenvalue weighted by molar-refractivity contribution is -0.137. The summed E-state index contributed by atoms with van der Waals surface area (Å²) >= 11 is 0. The first-order chi connectivity index (χ1) is 16.1. The van der Waals surface area contributed by atoms with Crippen LogP contribution in [0.1, 0.15) is 35.3 Å². The Balaban J connectivity index is 1.58. The fraction of sp³-hybridized carbons (Fsp3) is 0.360. The van der Waals surface area contributed by atoms with Crippen LogP contribution < -0.4 is 9.47 Å². The Morgan fingerprint density at radius 2 is 1.65 bits per heavy atom. The van der Waals surface area contributed by atoms with Gasteiger partial charge in [-0.15, -0.1) is 0 Å². The van der Waals surface area contributed by atoms with E-state index in [1.165, 1.54) is 23.1 Å². The summed E-state index contributed by atoms with van der Waals surface area (Å²) in [6, 6.07) is 9.74. The molecule has 34 heavy (non-hydrogen) atoms. The molecule has 0 atom stereocenters. The minimum atomic E-state index is -4.51. The maximum absolute atomic E-state index is 12.9. The number of amides is 2. The van der Waals surface area contributed by atoms with Gasteiger partial charge in [0, 0.05) is 37.8 Å². The summed E-state index contributed by atoms with van der Waals surface area (Å²) in [5.74, 6) is 0.477. The molecule has 182 valence electrons. The number of carbonyl (C=O) groups excluding carboxylic acids is 2. The zero-order valence-corrected chi connectivity index (χ0v) is 19.3. The van der Waals surface area contributed by atoms with E-state index in [-0.39, 0.29) is 30.7 Å². The van der Waals surface area contributed by atoms with Crippen molar-refractivity contribution < 1.29 is 32.2 Å². The van der Waals surface area contributed by atoms with E-state index in [2.05, 4.69) is 0 Å². The molecule has 1 fully saturated rings. The van der Waals surface area contributed by atoms with Crippen molar-refractivity contribution in [1.29, 1.82) is 0 Å². The van der Waals surface area contributed by atoms with Gasteiger partial charge < -0.3 is 19.3 Å². The van der Waals surface area contributed by atoms with Gasteiger partial charge in [0.05, 0.1) is 18.8 Å². The highest BCUT2D eigenvalue weighted by molar-refractivity contribution is 5.95. The lowest BCUT2D eigenvalue weighted by Gasteiger charge is -2.34. The Kier molecular flexibility index (Phi) is 7.86. The van der Waals surface area contributed by atoms with Crippen molar-refractivity contribution in [3.8, 4) is 11.5 Å². The number of ether oxygens (including phenoxy) is 2. The van der Waals surface area contributed by atoms with Crippen LogP contribution in [0.15, 0.2) is 48.5 Å². The molecule has 0 bridgehead atoms. The van der Waals surface area contributed by atoms with E-state index in [4.69, 9.17) is 9.47 Å². The van der Waals surface area contributed by atoms with Crippen LogP contribution in [0, 0.1) is 0 Å². The van der Waals surface area contributed by atoms with Crippen LogP contribution in [0.25, 0.3) is 6.08 Å². The number of benzene rings is 2. The third-order valence-corrected chi connectivity index (χ3v) is 5.28. The lowest BCUT2D eigenvalue weighted by atomic mass is 10.1. The molecule has 0 unspecified atom stereocenters. The highest BCUT2D eigenvalue weighted by atomic mass is 19.4. The van der Waals surface area contributed by atoms with Crippen molar-refractivity contribution in [2.75, 3.05) is 33.3 Å². The zero-order valence-electron chi connectivity index (χ0n) is 19.3. The van der Waals surface area contributed by atoms with E-state index in [1.54, 1.807) is 30.2 Å². The van der Waals surface area contributed by atoms with Gasteiger partial charge in [0.1, 0.15) is 0 Å². The SMILES string of the molecule is COc1cc(/C=C/C(=O)N2CCN(C(=O)c3cccc(C(F)(F)F)c3)CC2)ccc1OC(C)C. The van der Waals surface area contributed by atoms with E-state index in [1.807, 2.05) is 19.9 Å². The van der Waals surface area contributed by atoms with Crippen LogP contribution >= 0.6 is 0 Å². The number of carbonyl (C=O) groups is 2. The lowest BCUT2D eigenvalue weighted by Crippen LogP contribution is -2.50. The Morgan fingerprint density at radius 1 is 0.971 bits per heavy atom. The van der Waals surface area contributed by atoms with Crippen LogP contribution in [0.3, 0.4) is 0 Å². The number of methoxy groups -OCH3 is 1. The van der Waals surface area contributed by atoms with Crippen molar-refractivity contribution >= 4 is 17.9 Å². The fourth-order valence-electron chi connectivity index (χ4n) is 3.55. The largest absolute Gasteiger partial charge is 0.493 e. The van der Waals surface area contributed by atoms with Gasteiger partial charge in [0.25, 0.3) is 5.91 Å². The summed E-state index contributed by atoms with van der Waals surface area (Å²) < 4.78 is 49.8. The van der Waals surface area contributed by atoms with E-state index in [0.717, 1.165) is 17.7 Å². The molecule has 0 N–H and O–H groups in total. The Morgan fingerprint density at radius 3 is 2.26 bits per heavy atom. The van der Waals surface area contributed by atoms with E-state index in [9.17, 15) is 22.8 Å². The van der Waals surface area contributed by atoms with Crippen LogP contribution in [-0.2, 0) is 11.0 Å². The summed E-state index contributed by atoms with van der Waals surface area (Å²) in [5, 5.41) is 0. The van der Waals surface area contributed by atoms with Gasteiger partial charge in [-0.25, -0.2) is 0 Å². The Bertz CT molecular complexity index is 1060. The quantitative estimate of drug-likeness (QED) is 0.576. The highest BCUT2D eigenvalue weighted by Gasteiger charge is 2.32. The first-order valence-corrected chi connectivity index (χ1v) is 10.9. The second kappa shape index (κ2) is 10.6. The van der Waals surface area contributed by atoms with Crippen molar-refractivity contribution in [2.45, 2.75) is 26.1 Å². The molecule has 0 spiro atoms. The predicted molar refractivity (Wildman–Crippen MR) is 122 cm³/mol. The minimum Gasteiger partial charge on any atom is -0.493 e. The molecule has 0 saturated carbocycles. The number of nitrogens with zero attached hydrogens (tertiary/aromatic N) is 2. The summed E-state index contributed by atoms with van der Waals surface area (Å²) in [4.78, 5) is 28.3. The molecule has 0 aliphatic carbocycles. The molecule has 2 amide bonds. The molecule has 2 aromatic carbocycles. The predicted octanol–water partition coefficient (Wildman–Crippen LogP) is 4.50. The molecule has 1 heterocycles. The van der Waals surface area contributed by atoms with Crippen LogP contribution in [-0.4, -0.2) is 61.0 Å². The topological polar surface area (TPSA) is 59.1 Å². The molecule has 6 nitrogen and oxygen atoms in total. The Hall–Kier alpha value is -3.49. The second-order valence-corrected chi connectivity index (χ2v) is 8.11. The molecular weight excluding hydrogens is 449 g/mol. The van der Waals surface area contributed by atoms with Crippen molar-refractivity contribution in [3.63, 3.8) is 0 Å². The summed E-state index contributed by atoms with van der Waals surface area (Å²) in [7, 11) is 1.54. The van der Waals surface area contributed by atoms with Gasteiger partial charge in [0.15, 0.2) is 11.5 Å². The van der Waals surface area contributed by atoms with E-state index < -0.39 is 17.6 Å². The summed E-state index contributed by atoms with van der Waals surface area (Å²) in [5.41, 5.74) is -0.120. The number of piperazine rings is 1. The van der Waals surface area contributed by atoms with Gasteiger partial charge in [-0.2, -0.15) is 13.2 Å². The molecule has 2 aromatic rings. The summed E-state index contributed by atoms with van der Waals surface area (Å²) in [6.07, 6.45) is -1.40. The fourth-order valence-corrected chi connectivity index (χ4v) is 3.55. The number of rotatable bonds is 6. The molecule has 9 heteroatoms. The normalized spacial score (nSPS) is 14.6. The third-order valence-electron chi connectivity index (χ3n) is 5.28. The smallest absolute Gasteiger partial charge is 0.416 e. The van der Waals surface area contributed by atoms with Gasteiger partial charge in [-0.05, 0) is 55.8 Å². The average Bonchev–Trinajstić information content (AvgIpc) is 2.82. The van der Waals surface area contributed by atoms with Gasteiger partial charge in [0.2, 0.25) is 5.91 Å². The molecule has 1 aliphatic rings. The van der Waals surface area contributed by atoms with E-state index in [0.29, 0.717) is 24.6 Å². The van der Waals surface area contributed by atoms with Crippen LogP contribution in [0.5, 0.6) is 11.5 Å². The molecule has 0 radical (unpaired) electrons. The second-order valence-electron chi connectivity index (χ2n) is 8.11. The molecule has 1 aliphatic heterocycles. The molecule has 3 rings (SSSR count). The number of halogens is 3. The molecular formula is C25H27F3N2O4. The number of hydrogen-bond donors (Lipinski definition) is 0. The maximum Gasteiger partial charge on any atom is 0.416 e. The minimum absolute atomic E-state index is 0.00370. The summed E-state index contributed by atoms with van der Waals surface area (Å²) in [6.45, 7) is 4.89. The van der Waals surface area contributed by atoms with Crippen molar-refractivity contribution in [2.24, 2.45) is 0 Å². The van der Waals surface area contributed by atoms with Crippen LogP contribution in [0.2, 0.25) is 0 Å².